The molecule has 1 aromatic carbocycles. The van der Waals surface area contributed by atoms with E-state index in [1.54, 1.807) is 11.3 Å². The van der Waals surface area contributed by atoms with Crippen molar-refractivity contribution in [2.24, 2.45) is 5.92 Å². The van der Waals surface area contributed by atoms with E-state index in [1.807, 2.05) is 24.3 Å². The van der Waals surface area contributed by atoms with Gasteiger partial charge in [0.1, 0.15) is 0 Å². The minimum absolute atomic E-state index is 0.0173. The predicted octanol–water partition coefficient (Wildman–Crippen LogP) is 5.12. The van der Waals surface area contributed by atoms with Gasteiger partial charge < -0.3 is 5.32 Å². The quantitative estimate of drug-likeness (QED) is 0.698. The SMILES string of the molecule is CC[C@@H]1CCc2sc(C(=O)Nc3ccc(I)cc3)cc2C1. The zero-order valence-corrected chi connectivity index (χ0v) is 15.0. The maximum atomic E-state index is 12.4. The fourth-order valence-electron chi connectivity index (χ4n) is 2.79. The lowest BCUT2D eigenvalue weighted by Crippen LogP contribution is -2.11. The molecule has 2 aromatic rings. The summed E-state index contributed by atoms with van der Waals surface area (Å²) in [6, 6.07) is 9.99. The first-order chi connectivity index (χ1) is 10.2. The molecule has 1 N–H and O–H groups in total. The second-order valence-corrected chi connectivity index (χ2v) is 7.92. The van der Waals surface area contributed by atoms with Gasteiger partial charge in [0.2, 0.25) is 0 Å². The molecule has 1 heterocycles. The molecule has 4 heteroatoms. The van der Waals surface area contributed by atoms with Crippen molar-refractivity contribution in [3.05, 3.63) is 49.2 Å². The Morgan fingerprint density at radius 2 is 2.14 bits per heavy atom. The first-order valence-electron chi connectivity index (χ1n) is 7.34. The molecule has 0 fully saturated rings. The lowest BCUT2D eigenvalue weighted by molar-refractivity contribution is 0.103. The van der Waals surface area contributed by atoms with Crippen molar-refractivity contribution >= 4 is 45.5 Å². The van der Waals surface area contributed by atoms with Gasteiger partial charge in [-0.15, -0.1) is 11.3 Å². The Morgan fingerprint density at radius 3 is 2.86 bits per heavy atom. The third kappa shape index (κ3) is 3.48. The van der Waals surface area contributed by atoms with E-state index in [-0.39, 0.29) is 5.91 Å². The average molecular weight is 411 g/mol. The van der Waals surface area contributed by atoms with E-state index in [0.717, 1.165) is 29.3 Å². The summed E-state index contributed by atoms with van der Waals surface area (Å²) in [6.07, 6.45) is 4.77. The molecule has 2 nitrogen and oxygen atoms in total. The number of aryl methyl sites for hydroxylation is 1. The van der Waals surface area contributed by atoms with Crippen molar-refractivity contribution in [1.82, 2.24) is 0 Å². The molecular formula is C17H18INOS. The van der Waals surface area contributed by atoms with Crippen molar-refractivity contribution < 1.29 is 4.79 Å². The molecule has 1 amide bonds. The minimum atomic E-state index is 0.0173. The Hall–Kier alpha value is -0.880. The molecule has 3 rings (SSSR count). The number of hydrogen-bond donors (Lipinski definition) is 1. The van der Waals surface area contributed by atoms with Gasteiger partial charge in [0.15, 0.2) is 0 Å². The Bertz CT molecular complexity index is 647. The molecule has 0 saturated heterocycles. The number of hydrogen-bond acceptors (Lipinski definition) is 2. The van der Waals surface area contributed by atoms with E-state index in [2.05, 4.69) is 40.9 Å². The number of fused-ring (bicyclic) bond motifs is 1. The van der Waals surface area contributed by atoms with Crippen LogP contribution in [0.4, 0.5) is 5.69 Å². The molecule has 0 spiro atoms. The number of carbonyl (C=O) groups excluding carboxylic acids is 1. The van der Waals surface area contributed by atoms with Crippen LogP contribution in [0.5, 0.6) is 0 Å². The number of anilines is 1. The summed E-state index contributed by atoms with van der Waals surface area (Å²) in [5.41, 5.74) is 2.25. The minimum Gasteiger partial charge on any atom is -0.321 e. The number of rotatable bonds is 3. The smallest absolute Gasteiger partial charge is 0.265 e. The predicted molar refractivity (Wildman–Crippen MR) is 97.2 cm³/mol. The highest BCUT2D eigenvalue weighted by Crippen LogP contribution is 2.33. The number of carbonyl (C=O) groups is 1. The largest absolute Gasteiger partial charge is 0.321 e. The highest BCUT2D eigenvalue weighted by Gasteiger charge is 2.22. The van der Waals surface area contributed by atoms with Crippen LogP contribution in [-0.4, -0.2) is 5.91 Å². The summed E-state index contributed by atoms with van der Waals surface area (Å²) >= 11 is 3.93. The van der Waals surface area contributed by atoms with Crippen LogP contribution in [0.1, 0.15) is 39.9 Å². The van der Waals surface area contributed by atoms with Gasteiger partial charge in [-0.2, -0.15) is 0 Å². The van der Waals surface area contributed by atoms with E-state index in [4.69, 9.17) is 0 Å². The van der Waals surface area contributed by atoms with E-state index in [1.165, 1.54) is 26.9 Å². The number of thiophene rings is 1. The first-order valence-corrected chi connectivity index (χ1v) is 9.23. The zero-order chi connectivity index (χ0) is 14.8. The van der Waals surface area contributed by atoms with Gasteiger partial charge >= 0.3 is 0 Å². The van der Waals surface area contributed by atoms with Crippen LogP contribution in [0.15, 0.2) is 30.3 Å². The van der Waals surface area contributed by atoms with Crippen LogP contribution < -0.4 is 5.32 Å². The highest BCUT2D eigenvalue weighted by molar-refractivity contribution is 14.1. The van der Waals surface area contributed by atoms with E-state index in [0.29, 0.717) is 0 Å². The van der Waals surface area contributed by atoms with Gasteiger partial charge in [-0.3, -0.25) is 4.79 Å². The fourth-order valence-corrected chi connectivity index (χ4v) is 4.25. The standard InChI is InChI=1S/C17H18INOS/c1-2-11-3-8-15-12(9-11)10-16(21-15)17(20)19-14-6-4-13(18)5-7-14/h4-7,10-11H,2-3,8-9H2,1H3,(H,19,20)/t11-/m1/s1. The van der Waals surface area contributed by atoms with Crippen molar-refractivity contribution in [1.29, 1.82) is 0 Å². The van der Waals surface area contributed by atoms with Crippen LogP contribution >= 0.6 is 33.9 Å². The lowest BCUT2D eigenvalue weighted by Gasteiger charge is -2.19. The Morgan fingerprint density at radius 1 is 1.38 bits per heavy atom. The van der Waals surface area contributed by atoms with Crippen molar-refractivity contribution in [3.63, 3.8) is 0 Å². The molecule has 1 aromatic heterocycles. The summed E-state index contributed by atoms with van der Waals surface area (Å²) in [4.78, 5) is 14.6. The monoisotopic (exact) mass is 411 g/mol. The van der Waals surface area contributed by atoms with Gasteiger partial charge in [0.25, 0.3) is 5.91 Å². The van der Waals surface area contributed by atoms with Crippen LogP contribution in [0.3, 0.4) is 0 Å². The normalized spacial score (nSPS) is 17.3. The summed E-state index contributed by atoms with van der Waals surface area (Å²) in [5.74, 6) is 0.808. The highest BCUT2D eigenvalue weighted by atomic mass is 127. The van der Waals surface area contributed by atoms with Crippen molar-refractivity contribution in [2.75, 3.05) is 5.32 Å². The number of benzene rings is 1. The van der Waals surface area contributed by atoms with Crippen molar-refractivity contribution in [2.45, 2.75) is 32.6 Å². The van der Waals surface area contributed by atoms with Gasteiger partial charge in [0.05, 0.1) is 4.88 Å². The molecule has 1 aliphatic carbocycles. The van der Waals surface area contributed by atoms with Crippen LogP contribution in [0, 0.1) is 9.49 Å². The third-order valence-corrected chi connectivity index (χ3v) is 6.04. The molecule has 1 aliphatic rings. The second-order valence-electron chi connectivity index (χ2n) is 5.54. The molecule has 110 valence electrons. The summed E-state index contributed by atoms with van der Waals surface area (Å²) in [7, 11) is 0. The van der Waals surface area contributed by atoms with Gasteiger partial charge in [0, 0.05) is 14.1 Å². The number of halogens is 1. The second kappa shape index (κ2) is 6.48. The number of amides is 1. The Balaban J connectivity index is 1.74. The average Bonchev–Trinajstić information content (AvgIpc) is 2.92. The van der Waals surface area contributed by atoms with E-state index >= 15 is 0 Å². The van der Waals surface area contributed by atoms with Crippen LogP contribution in [0.25, 0.3) is 0 Å². The summed E-state index contributed by atoms with van der Waals surface area (Å²) < 4.78 is 1.17. The van der Waals surface area contributed by atoms with Crippen LogP contribution in [-0.2, 0) is 12.8 Å². The number of nitrogens with one attached hydrogen (secondary N) is 1. The molecule has 0 unspecified atom stereocenters. The maximum absolute atomic E-state index is 12.4. The Labute approximate surface area is 143 Å². The van der Waals surface area contributed by atoms with Gasteiger partial charge in [-0.1, -0.05) is 13.3 Å². The lowest BCUT2D eigenvalue weighted by atomic mass is 9.87. The van der Waals surface area contributed by atoms with Gasteiger partial charge in [-0.25, -0.2) is 0 Å². The van der Waals surface area contributed by atoms with E-state index in [9.17, 15) is 4.79 Å². The van der Waals surface area contributed by atoms with Crippen LogP contribution in [0.2, 0.25) is 0 Å². The zero-order valence-electron chi connectivity index (χ0n) is 12.0. The fraction of sp³-hybridized carbons (Fsp3) is 0.353. The van der Waals surface area contributed by atoms with Gasteiger partial charge in [-0.05, 0) is 83.7 Å². The molecular weight excluding hydrogens is 393 g/mol. The first kappa shape index (κ1) is 15.0. The molecule has 0 radical (unpaired) electrons. The van der Waals surface area contributed by atoms with Crippen molar-refractivity contribution in [3.8, 4) is 0 Å². The molecule has 0 saturated carbocycles. The maximum Gasteiger partial charge on any atom is 0.265 e. The summed E-state index contributed by atoms with van der Waals surface area (Å²) in [6.45, 7) is 2.26. The molecule has 1 atom stereocenters. The summed E-state index contributed by atoms with van der Waals surface area (Å²) in [5, 5.41) is 2.99. The molecule has 0 bridgehead atoms. The van der Waals surface area contributed by atoms with E-state index < -0.39 is 0 Å². The molecule has 21 heavy (non-hydrogen) atoms. The third-order valence-electron chi connectivity index (χ3n) is 4.09. The Kier molecular flexibility index (Phi) is 4.64. The topological polar surface area (TPSA) is 29.1 Å². The molecule has 0 aliphatic heterocycles.